The van der Waals surface area contributed by atoms with Crippen molar-refractivity contribution in [3.63, 3.8) is 0 Å². The summed E-state index contributed by atoms with van der Waals surface area (Å²) in [6.45, 7) is 6.96. The molecule has 0 aromatic heterocycles. The predicted molar refractivity (Wildman–Crippen MR) is 77.9 cm³/mol. The SMILES string of the molecule is CC.CC(=O)c1cc(C)c(F)c(-c2ccccc2F)c1. The van der Waals surface area contributed by atoms with E-state index in [1.165, 1.54) is 31.2 Å². The fourth-order valence-corrected chi connectivity index (χ4v) is 1.85. The Balaban J connectivity index is 0.000000956. The fraction of sp³-hybridized carbons (Fsp3) is 0.235. The Labute approximate surface area is 118 Å². The van der Waals surface area contributed by atoms with Crippen LogP contribution in [0.3, 0.4) is 0 Å². The number of ketones is 1. The lowest BCUT2D eigenvalue weighted by atomic mass is 9.97. The van der Waals surface area contributed by atoms with Gasteiger partial charge in [-0.2, -0.15) is 0 Å². The maximum atomic E-state index is 14.0. The van der Waals surface area contributed by atoms with E-state index in [0.29, 0.717) is 11.1 Å². The molecular formula is C17H18F2O. The molecule has 0 unspecified atom stereocenters. The van der Waals surface area contributed by atoms with Crippen LogP contribution in [0, 0.1) is 18.6 Å². The van der Waals surface area contributed by atoms with Crippen molar-refractivity contribution in [3.8, 4) is 11.1 Å². The third-order valence-electron chi connectivity index (χ3n) is 2.83. The van der Waals surface area contributed by atoms with Gasteiger partial charge in [-0.15, -0.1) is 0 Å². The zero-order valence-corrected chi connectivity index (χ0v) is 12.1. The molecule has 0 aliphatic carbocycles. The first kappa shape index (κ1) is 16.0. The van der Waals surface area contributed by atoms with Gasteiger partial charge in [0.2, 0.25) is 0 Å². The molecule has 0 fully saturated rings. The highest BCUT2D eigenvalue weighted by Gasteiger charge is 2.14. The summed E-state index contributed by atoms with van der Waals surface area (Å²) < 4.78 is 27.7. The normalized spacial score (nSPS) is 9.70. The average Bonchev–Trinajstić information content (AvgIpc) is 2.44. The molecule has 0 amide bonds. The Morgan fingerprint density at radius 1 is 1.00 bits per heavy atom. The van der Waals surface area contributed by atoms with Crippen molar-refractivity contribution in [1.82, 2.24) is 0 Å². The number of hydrogen-bond acceptors (Lipinski definition) is 1. The number of hydrogen-bond donors (Lipinski definition) is 0. The Morgan fingerprint density at radius 2 is 1.60 bits per heavy atom. The number of carbonyl (C=O) groups excluding carboxylic acids is 1. The number of halogens is 2. The van der Waals surface area contributed by atoms with Crippen molar-refractivity contribution in [1.29, 1.82) is 0 Å². The molecule has 0 radical (unpaired) electrons. The molecule has 2 aromatic rings. The van der Waals surface area contributed by atoms with Crippen molar-refractivity contribution in [3.05, 3.63) is 59.2 Å². The zero-order chi connectivity index (χ0) is 15.3. The van der Waals surface area contributed by atoms with E-state index >= 15 is 0 Å². The van der Waals surface area contributed by atoms with Gasteiger partial charge in [-0.05, 0) is 37.6 Å². The van der Waals surface area contributed by atoms with Crippen LogP contribution in [0.1, 0.15) is 36.7 Å². The molecular weight excluding hydrogens is 258 g/mol. The summed E-state index contributed by atoms with van der Waals surface area (Å²) in [4.78, 5) is 11.4. The molecule has 0 heterocycles. The predicted octanol–water partition coefficient (Wildman–Crippen LogP) is 5.17. The Kier molecular flexibility index (Phi) is 5.56. The van der Waals surface area contributed by atoms with E-state index in [1.54, 1.807) is 19.1 Å². The number of rotatable bonds is 2. The molecule has 2 rings (SSSR count). The van der Waals surface area contributed by atoms with E-state index in [0.717, 1.165) is 0 Å². The monoisotopic (exact) mass is 276 g/mol. The third-order valence-corrected chi connectivity index (χ3v) is 2.83. The van der Waals surface area contributed by atoms with Gasteiger partial charge in [0.1, 0.15) is 11.6 Å². The first-order valence-corrected chi connectivity index (χ1v) is 6.56. The van der Waals surface area contributed by atoms with Gasteiger partial charge in [0.15, 0.2) is 5.78 Å². The quantitative estimate of drug-likeness (QED) is 0.692. The topological polar surface area (TPSA) is 17.1 Å². The van der Waals surface area contributed by atoms with E-state index < -0.39 is 11.6 Å². The average molecular weight is 276 g/mol. The van der Waals surface area contributed by atoms with Gasteiger partial charge in [-0.25, -0.2) is 8.78 Å². The number of carbonyl (C=O) groups is 1. The maximum Gasteiger partial charge on any atom is 0.159 e. The summed E-state index contributed by atoms with van der Waals surface area (Å²) in [5, 5.41) is 0. The second-order valence-electron chi connectivity index (χ2n) is 4.19. The second-order valence-corrected chi connectivity index (χ2v) is 4.19. The second kappa shape index (κ2) is 6.94. The molecule has 0 saturated heterocycles. The van der Waals surface area contributed by atoms with Crippen LogP contribution in [0.5, 0.6) is 0 Å². The number of benzene rings is 2. The molecule has 3 heteroatoms. The van der Waals surface area contributed by atoms with Gasteiger partial charge < -0.3 is 0 Å². The highest BCUT2D eigenvalue weighted by molar-refractivity contribution is 5.95. The molecule has 20 heavy (non-hydrogen) atoms. The van der Waals surface area contributed by atoms with E-state index in [-0.39, 0.29) is 16.9 Å². The van der Waals surface area contributed by atoms with E-state index in [2.05, 4.69) is 0 Å². The lowest BCUT2D eigenvalue weighted by molar-refractivity contribution is 0.101. The minimum absolute atomic E-state index is 0.123. The summed E-state index contributed by atoms with van der Waals surface area (Å²) >= 11 is 0. The van der Waals surface area contributed by atoms with Crippen LogP contribution in [0.25, 0.3) is 11.1 Å². The first-order chi connectivity index (χ1) is 9.50. The smallest absolute Gasteiger partial charge is 0.159 e. The largest absolute Gasteiger partial charge is 0.295 e. The van der Waals surface area contributed by atoms with Gasteiger partial charge in [-0.1, -0.05) is 32.0 Å². The zero-order valence-electron chi connectivity index (χ0n) is 12.1. The molecule has 0 spiro atoms. The third kappa shape index (κ3) is 3.29. The molecule has 2 aromatic carbocycles. The van der Waals surface area contributed by atoms with Crippen LogP contribution < -0.4 is 0 Å². The van der Waals surface area contributed by atoms with Crippen LogP contribution >= 0.6 is 0 Å². The molecule has 0 saturated carbocycles. The highest BCUT2D eigenvalue weighted by Crippen LogP contribution is 2.28. The molecule has 0 aliphatic heterocycles. The molecule has 0 atom stereocenters. The number of aryl methyl sites for hydroxylation is 1. The number of Topliss-reactive ketones (excluding diaryl/α,β-unsaturated/α-hetero) is 1. The van der Waals surface area contributed by atoms with Crippen molar-refractivity contribution < 1.29 is 13.6 Å². The Morgan fingerprint density at radius 3 is 2.15 bits per heavy atom. The standard InChI is InChI=1S/C15H12F2O.C2H6/c1-9-7-11(10(2)18)8-13(15(9)17)12-5-3-4-6-14(12)16;1-2/h3-8H,1-2H3;1-2H3. The van der Waals surface area contributed by atoms with Crippen molar-refractivity contribution in [2.45, 2.75) is 27.7 Å². The van der Waals surface area contributed by atoms with Crippen LogP contribution in [0.15, 0.2) is 36.4 Å². The Bertz CT molecular complexity index is 618. The molecule has 106 valence electrons. The van der Waals surface area contributed by atoms with Gasteiger partial charge in [0, 0.05) is 16.7 Å². The van der Waals surface area contributed by atoms with Gasteiger partial charge in [-0.3, -0.25) is 4.79 Å². The van der Waals surface area contributed by atoms with E-state index in [4.69, 9.17) is 0 Å². The minimum atomic E-state index is -0.503. The van der Waals surface area contributed by atoms with Crippen molar-refractivity contribution in [2.75, 3.05) is 0 Å². The summed E-state index contributed by atoms with van der Waals surface area (Å²) in [5.74, 6) is -1.17. The maximum absolute atomic E-state index is 14.0. The molecule has 0 aliphatic rings. The Hall–Kier alpha value is -2.03. The van der Waals surface area contributed by atoms with Crippen LogP contribution in [-0.2, 0) is 0 Å². The lowest BCUT2D eigenvalue weighted by Gasteiger charge is -2.09. The van der Waals surface area contributed by atoms with E-state index in [1.807, 2.05) is 13.8 Å². The van der Waals surface area contributed by atoms with Gasteiger partial charge in [0.05, 0.1) is 0 Å². The van der Waals surface area contributed by atoms with Crippen LogP contribution in [0.4, 0.5) is 8.78 Å². The van der Waals surface area contributed by atoms with Crippen molar-refractivity contribution in [2.24, 2.45) is 0 Å². The summed E-state index contributed by atoms with van der Waals surface area (Å²) in [6, 6.07) is 8.80. The van der Waals surface area contributed by atoms with Crippen LogP contribution in [-0.4, -0.2) is 5.78 Å². The summed E-state index contributed by atoms with van der Waals surface area (Å²) in [7, 11) is 0. The highest BCUT2D eigenvalue weighted by atomic mass is 19.1. The minimum Gasteiger partial charge on any atom is -0.295 e. The van der Waals surface area contributed by atoms with Crippen molar-refractivity contribution >= 4 is 5.78 Å². The fourth-order valence-electron chi connectivity index (χ4n) is 1.85. The summed E-state index contributed by atoms with van der Waals surface area (Å²) in [5.41, 5.74) is 1.01. The molecule has 0 N–H and O–H groups in total. The van der Waals surface area contributed by atoms with Crippen LogP contribution in [0.2, 0.25) is 0 Å². The lowest BCUT2D eigenvalue weighted by Crippen LogP contribution is -1.98. The summed E-state index contributed by atoms with van der Waals surface area (Å²) in [6.07, 6.45) is 0. The van der Waals surface area contributed by atoms with Gasteiger partial charge in [0.25, 0.3) is 0 Å². The van der Waals surface area contributed by atoms with E-state index in [9.17, 15) is 13.6 Å². The first-order valence-electron chi connectivity index (χ1n) is 6.56. The molecule has 1 nitrogen and oxygen atoms in total. The molecule has 0 bridgehead atoms. The van der Waals surface area contributed by atoms with Gasteiger partial charge >= 0.3 is 0 Å².